The van der Waals surface area contributed by atoms with Crippen LogP contribution in [0.2, 0.25) is 0 Å². The van der Waals surface area contributed by atoms with Gasteiger partial charge in [-0.3, -0.25) is 10.4 Å². The first kappa shape index (κ1) is 11.5. The van der Waals surface area contributed by atoms with Crippen molar-refractivity contribution in [2.45, 2.75) is 38.1 Å². The molecule has 0 amide bonds. The van der Waals surface area contributed by atoms with Gasteiger partial charge < -0.3 is 10.6 Å². The number of aromatic nitrogens is 1. The van der Waals surface area contributed by atoms with Crippen LogP contribution < -0.4 is 10.6 Å². The molecule has 2 heterocycles. The number of piperidine rings is 1. The molecule has 96 valence electrons. The van der Waals surface area contributed by atoms with Crippen molar-refractivity contribution in [3.63, 3.8) is 0 Å². The van der Waals surface area contributed by atoms with Crippen molar-refractivity contribution in [3.05, 3.63) is 24.0 Å². The van der Waals surface area contributed by atoms with E-state index in [1.54, 1.807) is 6.20 Å². The molecule has 3 rings (SSSR count). The van der Waals surface area contributed by atoms with Gasteiger partial charge in [-0.25, -0.2) is 0 Å². The van der Waals surface area contributed by atoms with Crippen LogP contribution >= 0.6 is 0 Å². The van der Waals surface area contributed by atoms with Gasteiger partial charge in [0.1, 0.15) is 5.84 Å². The average molecular weight is 244 g/mol. The minimum absolute atomic E-state index is 0.146. The molecule has 0 radical (unpaired) electrons. The second-order valence-corrected chi connectivity index (χ2v) is 5.40. The van der Waals surface area contributed by atoms with Gasteiger partial charge in [0.25, 0.3) is 0 Å². The van der Waals surface area contributed by atoms with Gasteiger partial charge >= 0.3 is 0 Å². The molecule has 1 aromatic rings. The number of nitrogens with one attached hydrogen (secondary N) is 1. The van der Waals surface area contributed by atoms with Crippen molar-refractivity contribution in [2.24, 2.45) is 11.7 Å². The maximum absolute atomic E-state index is 7.71. The first-order valence-corrected chi connectivity index (χ1v) is 6.82. The minimum Gasteiger partial charge on any atom is -0.384 e. The van der Waals surface area contributed by atoms with Crippen LogP contribution in [-0.4, -0.2) is 23.4 Å². The Bertz CT molecular complexity index is 457. The number of nitrogens with zero attached hydrogens (tertiary/aromatic N) is 2. The zero-order valence-corrected chi connectivity index (χ0v) is 10.6. The van der Waals surface area contributed by atoms with Crippen LogP contribution in [0.1, 0.15) is 37.7 Å². The van der Waals surface area contributed by atoms with Gasteiger partial charge in [0.05, 0.1) is 11.9 Å². The van der Waals surface area contributed by atoms with Crippen molar-refractivity contribution >= 4 is 11.5 Å². The highest BCUT2D eigenvalue weighted by atomic mass is 15.2. The summed E-state index contributed by atoms with van der Waals surface area (Å²) in [5.74, 6) is 0.978. The summed E-state index contributed by atoms with van der Waals surface area (Å²) in [5, 5.41) is 7.71. The fraction of sp³-hybridized carbons (Fsp3) is 0.571. The summed E-state index contributed by atoms with van der Waals surface area (Å²) in [4.78, 5) is 6.67. The quantitative estimate of drug-likeness (QED) is 0.618. The van der Waals surface area contributed by atoms with E-state index in [9.17, 15) is 0 Å². The highest BCUT2D eigenvalue weighted by Crippen LogP contribution is 2.39. The summed E-state index contributed by atoms with van der Waals surface area (Å²) in [5.41, 5.74) is 7.58. The maximum Gasteiger partial charge on any atom is 0.125 e. The molecule has 18 heavy (non-hydrogen) atoms. The van der Waals surface area contributed by atoms with Crippen LogP contribution in [0.25, 0.3) is 0 Å². The van der Waals surface area contributed by atoms with E-state index in [4.69, 9.17) is 11.1 Å². The Labute approximate surface area is 108 Å². The van der Waals surface area contributed by atoms with E-state index in [0.717, 1.165) is 23.7 Å². The zero-order chi connectivity index (χ0) is 12.5. The molecular formula is C14H20N4. The second kappa shape index (κ2) is 4.59. The van der Waals surface area contributed by atoms with Crippen LogP contribution in [0, 0.1) is 11.3 Å². The molecular weight excluding hydrogens is 224 g/mol. The van der Waals surface area contributed by atoms with E-state index in [0.29, 0.717) is 6.04 Å². The molecule has 0 bridgehead atoms. The van der Waals surface area contributed by atoms with Gasteiger partial charge in [0.15, 0.2) is 0 Å². The number of fused-ring (bicyclic) bond motifs is 1. The third-order valence-electron chi connectivity index (χ3n) is 4.39. The number of rotatable bonds is 2. The topological polar surface area (TPSA) is 66.0 Å². The van der Waals surface area contributed by atoms with Crippen LogP contribution in [-0.2, 0) is 0 Å². The predicted octanol–water partition coefficient (Wildman–Crippen LogP) is 2.13. The molecule has 2 unspecified atom stereocenters. The summed E-state index contributed by atoms with van der Waals surface area (Å²) in [6.07, 6.45) is 10.2. The summed E-state index contributed by atoms with van der Waals surface area (Å²) in [7, 11) is 0. The van der Waals surface area contributed by atoms with Crippen LogP contribution in [0.15, 0.2) is 18.5 Å². The first-order valence-electron chi connectivity index (χ1n) is 6.82. The molecule has 1 saturated heterocycles. The van der Waals surface area contributed by atoms with Gasteiger partial charge in [-0.1, -0.05) is 6.42 Å². The molecule has 2 atom stereocenters. The third-order valence-corrected chi connectivity index (χ3v) is 4.39. The van der Waals surface area contributed by atoms with Gasteiger partial charge in [0, 0.05) is 24.3 Å². The lowest BCUT2D eigenvalue weighted by Crippen LogP contribution is -2.43. The Balaban J connectivity index is 1.96. The molecule has 1 aliphatic heterocycles. The monoisotopic (exact) mass is 244 g/mol. The summed E-state index contributed by atoms with van der Waals surface area (Å²) in [6.45, 7) is 1.08. The van der Waals surface area contributed by atoms with Gasteiger partial charge in [-0.2, -0.15) is 0 Å². The van der Waals surface area contributed by atoms with E-state index >= 15 is 0 Å². The summed E-state index contributed by atoms with van der Waals surface area (Å²) < 4.78 is 0. The average Bonchev–Trinajstić information content (AvgIpc) is 2.86. The third kappa shape index (κ3) is 1.85. The van der Waals surface area contributed by atoms with Gasteiger partial charge in [-0.15, -0.1) is 0 Å². The Kier molecular flexibility index (Phi) is 2.94. The van der Waals surface area contributed by atoms with Gasteiger partial charge in [-0.05, 0) is 37.7 Å². The van der Waals surface area contributed by atoms with Crippen molar-refractivity contribution < 1.29 is 0 Å². The lowest BCUT2D eigenvalue weighted by molar-refractivity contribution is 0.362. The largest absolute Gasteiger partial charge is 0.384 e. The van der Waals surface area contributed by atoms with Crippen molar-refractivity contribution in [3.8, 4) is 0 Å². The molecule has 4 heteroatoms. The standard InChI is InChI=1S/C14H20N4/c15-14(16)11-6-7-17-9-13(11)18-8-2-4-10-3-1-5-12(10)18/h6-7,9-10,12H,1-5,8H2,(H3,15,16). The lowest BCUT2D eigenvalue weighted by atomic mass is 9.91. The predicted molar refractivity (Wildman–Crippen MR) is 73.0 cm³/mol. The van der Waals surface area contributed by atoms with E-state index in [2.05, 4.69) is 9.88 Å². The van der Waals surface area contributed by atoms with Crippen molar-refractivity contribution in [1.29, 1.82) is 5.41 Å². The Morgan fingerprint density at radius 1 is 1.33 bits per heavy atom. The lowest BCUT2D eigenvalue weighted by Gasteiger charge is -2.40. The molecule has 2 aliphatic rings. The normalized spacial score (nSPS) is 27.0. The fourth-order valence-electron chi connectivity index (χ4n) is 3.60. The number of hydrogen-bond acceptors (Lipinski definition) is 3. The Morgan fingerprint density at radius 3 is 3.00 bits per heavy atom. The number of anilines is 1. The SMILES string of the molecule is N=C(N)c1ccncc1N1CCCC2CCCC21. The highest BCUT2D eigenvalue weighted by Gasteiger charge is 2.35. The number of nitrogen functional groups attached to an aromatic ring is 1. The highest BCUT2D eigenvalue weighted by molar-refractivity contribution is 6.00. The zero-order valence-electron chi connectivity index (χ0n) is 10.6. The summed E-state index contributed by atoms with van der Waals surface area (Å²) >= 11 is 0. The fourth-order valence-corrected chi connectivity index (χ4v) is 3.60. The number of pyridine rings is 1. The number of hydrogen-bond donors (Lipinski definition) is 2. The molecule has 3 N–H and O–H groups in total. The van der Waals surface area contributed by atoms with Crippen LogP contribution in [0.4, 0.5) is 5.69 Å². The van der Waals surface area contributed by atoms with Crippen LogP contribution in [0.3, 0.4) is 0 Å². The number of nitrogens with two attached hydrogens (primary N) is 1. The molecule has 2 fully saturated rings. The van der Waals surface area contributed by atoms with E-state index < -0.39 is 0 Å². The number of amidine groups is 1. The van der Waals surface area contributed by atoms with E-state index in [-0.39, 0.29) is 5.84 Å². The minimum atomic E-state index is 0.146. The molecule has 0 spiro atoms. The molecule has 1 saturated carbocycles. The van der Waals surface area contributed by atoms with Crippen molar-refractivity contribution in [1.82, 2.24) is 4.98 Å². The van der Waals surface area contributed by atoms with Crippen LogP contribution in [0.5, 0.6) is 0 Å². The molecule has 4 nitrogen and oxygen atoms in total. The van der Waals surface area contributed by atoms with Gasteiger partial charge in [0.2, 0.25) is 0 Å². The molecule has 0 aromatic carbocycles. The maximum atomic E-state index is 7.71. The summed E-state index contributed by atoms with van der Waals surface area (Å²) in [6, 6.07) is 2.50. The molecule has 1 aliphatic carbocycles. The smallest absolute Gasteiger partial charge is 0.125 e. The van der Waals surface area contributed by atoms with Crippen molar-refractivity contribution in [2.75, 3.05) is 11.4 Å². The second-order valence-electron chi connectivity index (χ2n) is 5.40. The Morgan fingerprint density at radius 2 is 2.17 bits per heavy atom. The van der Waals surface area contributed by atoms with E-state index in [1.165, 1.54) is 32.1 Å². The molecule has 1 aromatic heterocycles. The first-order chi connectivity index (χ1) is 8.77. The Hall–Kier alpha value is -1.58. The van der Waals surface area contributed by atoms with E-state index in [1.807, 2.05) is 12.3 Å².